The number of nitrogens with zero attached hydrogens (tertiary/aromatic N) is 4. The van der Waals surface area contributed by atoms with Crippen molar-refractivity contribution in [2.75, 3.05) is 13.6 Å². The Labute approximate surface area is 136 Å². The van der Waals surface area contributed by atoms with E-state index in [0.29, 0.717) is 31.3 Å². The van der Waals surface area contributed by atoms with Gasteiger partial charge in [-0.25, -0.2) is 0 Å². The van der Waals surface area contributed by atoms with E-state index in [4.69, 9.17) is 4.42 Å². The maximum absolute atomic E-state index is 12.9. The normalized spacial score (nSPS) is 19.0. The van der Waals surface area contributed by atoms with Crippen molar-refractivity contribution in [3.8, 4) is 0 Å². The van der Waals surface area contributed by atoms with Crippen LogP contribution in [0.2, 0.25) is 0 Å². The third-order valence-electron chi connectivity index (χ3n) is 4.17. The van der Waals surface area contributed by atoms with Gasteiger partial charge in [-0.05, 0) is 17.5 Å². The minimum atomic E-state index is -3.60. The monoisotopic (exact) mass is 336 g/mol. The number of fused-ring (bicyclic) bond motifs is 1. The Morgan fingerprint density at radius 3 is 2.61 bits per heavy atom. The predicted molar refractivity (Wildman–Crippen MR) is 84.7 cm³/mol. The second-order valence-corrected chi connectivity index (χ2v) is 7.60. The molecule has 1 aromatic heterocycles. The van der Waals surface area contributed by atoms with E-state index in [0.717, 1.165) is 11.1 Å². The Balaban J connectivity index is 2.06. The molecule has 3 rings (SSSR count). The van der Waals surface area contributed by atoms with Gasteiger partial charge in [-0.1, -0.05) is 31.2 Å². The van der Waals surface area contributed by atoms with Gasteiger partial charge in [-0.15, -0.1) is 10.2 Å². The first kappa shape index (κ1) is 16.1. The molecule has 0 N–H and O–H groups in total. The lowest BCUT2D eigenvalue weighted by molar-refractivity contribution is 0.234. The van der Waals surface area contributed by atoms with Crippen molar-refractivity contribution in [1.82, 2.24) is 18.8 Å². The Morgan fingerprint density at radius 1 is 1.30 bits per heavy atom. The fourth-order valence-corrected chi connectivity index (χ4v) is 4.21. The van der Waals surface area contributed by atoms with Gasteiger partial charge >= 0.3 is 0 Å². The topological polar surface area (TPSA) is 79.5 Å². The summed E-state index contributed by atoms with van der Waals surface area (Å²) in [5, 5.41) is 7.90. The summed E-state index contributed by atoms with van der Waals surface area (Å²) in [4.78, 5) is 0. The van der Waals surface area contributed by atoms with Crippen molar-refractivity contribution in [2.45, 2.75) is 32.9 Å². The molecule has 2 aromatic rings. The molecule has 124 valence electrons. The maximum Gasteiger partial charge on any atom is 0.282 e. The van der Waals surface area contributed by atoms with Crippen LogP contribution in [0.3, 0.4) is 0 Å². The highest BCUT2D eigenvalue weighted by Crippen LogP contribution is 2.35. The molecule has 0 fully saturated rings. The van der Waals surface area contributed by atoms with Crippen LogP contribution >= 0.6 is 0 Å². The Kier molecular flexibility index (Phi) is 4.22. The van der Waals surface area contributed by atoms with Crippen molar-refractivity contribution in [3.05, 3.63) is 47.2 Å². The average molecular weight is 336 g/mol. The molecule has 0 amide bonds. The van der Waals surface area contributed by atoms with Gasteiger partial charge in [0.1, 0.15) is 6.04 Å². The van der Waals surface area contributed by atoms with Crippen LogP contribution in [0.25, 0.3) is 0 Å². The van der Waals surface area contributed by atoms with E-state index >= 15 is 0 Å². The average Bonchev–Trinajstić information content (AvgIpc) is 2.99. The van der Waals surface area contributed by atoms with Crippen LogP contribution in [0.1, 0.15) is 35.9 Å². The van der Waals surface area contributed by atoms with Crippen LogP contribution < -0.4 is 0 Å². The van der Waals surface area contributed by atoms with Gasteiger partial charge in [-0.3, -0.25) is 0 Å². The van der Waals surface area contributed by atoms with Crippen LogP contribution in [0.4, 0.5) is 0 Å². The summed E-state index contributed by atoms with van der Waals surface area (Å²) in [6, 6.07) is 7.37. The van der Waals surface area contributed by atoms with Crippen LogP contribution in [0.5, 0.6) is 0 Å². The van der Waals surface area contributed by atoms with E-state index in [9.17, 15) is 8.42 Å². The predicted octanol–water partition coefficient (Wildman–Crippen LogP) is 1.67. The van der Waals surface area contributed by atoms with Crippen molar-refractivity contribution in [3.63, 3.8) is 0 Å². The first-order valence-electron chi connectivity index (χ1n) is 7.53. The van der Waals surface area contributed by atoms with E-state index in [1.54, 1.807) is 20.9 Å². The molecule has 0 bridgehead atoms. The highest BCUT2D eigenvalue weighted by Gasteiger charge is 2.40. The summed E-state index contributed by atoms with van der Waals surface area (Å²) < 4.78 is 34.1. The van der Waals surface area contributed by atoms with Gasteiger partial charge in [0.15, 0.2) is 0 Å². The van der Waals surface area contributed by atoms with Crippen LogP contribution in [-0.2, 0) is 23.2 Å². The fourth-order valence-electron chi connectivity index (χ4n) is 2.74. The molecule has 8 heteroatoms. The van der Waals surface area contributed by atoms with Crippen LogP contribution in [0, 0.1) is 6.92 Å². The third kappa shape index (κ3) is 2.89. The molecule has 1 aliphatic heterocycles. The molecule has 1 atom stereocenters. The van der Waals surface area contributed by atoms with Crippen LogP contribution in [0.15, 0.2) is 28.7 Å². The SMILES string of the molecule is CCN(C)S(=O)(=O)N1Cc2ccccc2C[C@@H]1c1nnc(C)o1. The first-order valence-corrected chi connectivity index (χ1v) is 8.93. The summed E-state index contributed by atoms with van der Waals surface area (Å²) in [6.45, 7) is 4.20. The van der Waals surface area contributed by atoms with Gasteiger partial charge in [0.25, 0.3) is 10.2 Å². The second-order valence-electron chi connectivity index (χ2n) is 5.62. The smallest absolute Gasteiger partial charge is 0.282 e. The minimum absolute atomic E-state index is 0.301. The van der Waals surface area contributed by atoms with Gasteiger partial charge in [0, 0.05) is 27.1 Å². The number of rotatable bonds is 4. The lowest BCUT2D eigenvalue weighted by atomic mass is 9.96. The minimum Gasteiger partial charge on any atom is -0.424 e. The van der Waals surface area contributed by atoms with Crippen molar-refractivity contribution >= 4 is 10.2 Å². The molecule has 23 heavy (non-hydrogen) atoms. The highest BCUT2D eigenvalue weighted by molar-refractivity contribution is 7.86. The molecular weight excluding hydrogens is 316 g/mol. The molecule has 1 aromatic carbocycles. The molecule has 0 radical (unpaired) electrons. The van der Waals surface area contributed by atoms with E-state index in [-0.39, 0.29) is 0 Å². The van der Waals surface area contributed by atoms with E-state index < -0.39 is 16.3 Å². The van der Waals surface area contributed by atoms with E-state index in [2.05, 4.69) is 10.2 Å². The summed E-state index contributed by atoms with van der Waals surface area (Å²) in [6.07, 6.45) is 0.522. The van der Waals surface area contributed by atoms with E-state index in [1.165, 1.54) is 8.61 Å². The number of benzene rings is 1. The van der Waals surface area contributed by atoms with Crippen LogP contribution in [-0.4, -0.2) is 40.8 Å². The van der Waals surface area contributed by atoms with Crippen molar-refractivity contribution in [1.29, 1.82) is 0 Å². The fraction of sp³-hybridized carbons (Fsp3) is 0.467. The zero-order valence-corrected chi connectivity index (χ0v) is 14.2. The number of hydrogen-bond donors (Lipinski definition) is 0. The Hall–Kier alpha value is -1.77. The van der Waals surface area contributed by atoms with Gasteiger partial charge in [0.2, 0.25) is 11.8 Å². The molecule has 2 heterocycles. The summed E-state index contributed by atoms with van der Waals surface area (Å²) in [5.41, 5.74) is 2.12. The quantitative estimate of drug-likeness (QED) is 0.848. The van der Waals surface area contributed by atoms with Gasteiger partial charge < -0.3 is 4.42 Å². The molecule has 0 spiro atoms. The molecule has 0 saturated carbocycles. The first-order chi connectivity index (χ1) is 10.9. The lowest BCUT2D eigenvalue weighted by Crippen LogP contribution is -2.46. The molecular formula is C15H20N4O3S. The van der Waals surface area contributed by atoms with Gasteiger partial charge in [0.05, 0.1) is 0 Å². The summed E-state index contributed by atoms with van der Waals surface area (Å²) in [7, 11) is -2.03. The molecule has 7 nitrogen and oxygen atoms in total. The molecule has 0 saturated heterocycles. The molecule has 0 unspecified atom stereocenters. The zero-order valence-electron chi connectivity index (χ0n) is 13.4. The number of aromatic nitrogens is 2. The lowest BCUT2D eigenvalue weighted by Gasteiger charge is -2.36. The highest BCUT2D eigenvalue weighted by atomic mass is 32.2. The zero-order chi connectivity index (χ0) is 16.6. The second kappa shape index (κ2) is 6.03. The van der Waals surface area contributed by atoms with Crippen molar-refractivity contribution < 1.29 is 12.8 Å². The standard InChI is InChI=1S/C15H20N4O3S/c1-4-18(3)23(20,21)19-10-13-8-6-5-7-12(13)9-14(19)15-17-16-11(2)22-15/h5-8,14H,4,9-10H2,1-3H3/t14-/m1/s1. The molecule has 1 aliphatic rings. The van der Waals surface area contributed by atoms with E-state index in [1.807, 2.05) is 24.3 Å². The summed E-state index contributed by atoms with van der Waals surface area (Å²) >= 11 is 0. The van der Waals surface area contributed by atoms with Crippen molar-refractivity contribution in [2.24, 2.45) is 0 Å². The maximum atomic E-state index is 12.9. The Bertz CT molecular complexity index is 803. The Morgan fingerprint density at radius 2 is 2.00 bits per heavy atom. The third-order valence-corrected chi connectivity index (χ3v) is 6.19. The molecule has 0 aliphatic carbocycles. The largest absolute Gasteiger partial charge is 0.424 e. The summed E-state index contributed by atoms with van der Waals surface area (Å²) in [5.74, 6) is 0.769. The number of aryl methyl sites for hydroxylation is 1. The van der Waals surface area contributed by atoms with Gasteiger partial charge in [-0.2, -0.15) is 17.0 Å². The number of hydrogen-bond acceptors (Lipinski definition) is 5.